The molecule has 2 aromatic rings. The second-order valence-corrected chi connectivity index (χ2v) is 6.14. The third kappa shape index (κ3) is 5.76. The number of nitro benzene ring substituents is 1. The lowest BCUT2D eigenvalue weighted by Crippen LogP contribution is -2.45. The molecule has 0 radical (unpaired) electrons. The summed E-state index contributed by atoms with van der Waals surface area (Å²) in [6, 6.07) is 8.87. The van der Waals surface area contributed by atoms with Crippen molar-refractivity contribution >= 4 is 29.1 Å². The third-order valence-corrected chi connectivity index (χ3v) is 4.02. The third-order valence-electron chi connectivity index (χ3n) is 4.02. The van der Waals surface area contributed by atoms with Gasteiger partial charge < -0.3 is 21.1 Å². The van der Waals surface area contributed by atoms with Gasteiger partial charge in [-0.25, -0.2) is 0 Å². The highest BCUT2D eigenvalue weighted by Crippen LogP contribution is 2.25. The first kappa shape index (κ1) is 21.4. The molecule has 0 aliphatic rings. The summed E-state index contributed by atoms with van der Waals surface area (Å²) >= 11 is 0. The molecule has 29 heavy (non-hydrogen) atoms. The van der Waals surface area contributed by atoms with Crippen LogP contribution >= 0.6 is 0 Å². The van der Waals surface area contributed by atoms with Crippen LogP contribution in [0, 0.1) is 10.1 Å². The van der Waals surface area contributed by atoms with Crippen LogP contribution in [0.15, 0.2) is 42.5 Å². The summed E-state index contributed by atoms with van der Waals surface area (Å²) in [6.45, 7) is 1.36. The number of hydrogen-bond acceptors (Lipinski definition) is 6. The number of hydrogen-bond donors (Lipinski definition) is 3. The number of carbonyl (C=O) groups is 3. The summed E-state index contributed by atoms with van der Waals surface area (Å²) in [5.74, 6) is -1.29. The molecule has 0 saturated heterocycles. The largest absolute Gasteiger partial charge is 0.496 e. The second kappa shape index (κ2) is 9.31. The summed E-state index contributed by atoms with van der Waals surface area (Å²) in [5, 5.41) is 16.1. The van der Waals surface area contributed by atoms with E-state index in [9.17, 15) is 24.5 Å². The molecule has 1 atom stereocenters. The number of nitrogens with two attached hydrogens (primary N) is 1. The van der Waals surface area contributed by atoms with E-state index in [1.54, 1.807) is 12.1 Å². The summed E-state index contributed by atoms with van der Waals surface area (Å²) in [6.07, 6.45) is -0.0874. The molecule has 0 aromatic heterocycles. The predicted molar refractivity (Wildman–Crippen MR) is 105 cm³/mol. The van der Waals surface area contributed by atoms with Gasteiger partial charge in [-0.2, -0.15) is 0 Å². The Hall–Kier alpha value is -3.95. The van der Waals surface area contributed by atoms with Crippen LogP contribution in [0.4, 0.5) is 11.4 Å². The van der Waals surface area contributed by atoms with Gasteiger partial charge in [0, 0.05) is 42.3 Å². The van der Waals surface area contributed by atoms with E-state index in [-0.39, 0.29) is 23.6 Å². The molecule has 10 heteroatoms. The highest BCUT2D eigenvalue weighted by atomic mass is 16.6. The number of nitrogens with one attached hydrogen (secondary N) is 2. The number of carbonyl (C=O) groups excluding carboxylic acids is 3. The number of rotatable bonds is 8. The van der Waals surface area contributed by atoms with Crippen molar-refractivity contribution in [3.05, 3.63) is 63.7 Å². The van der Waals surface area contributed by atoms with Crippen molar-refractivity contribution in [3.8, 4) is 5.75 Å². The van der Waals surface area contributed by atoms with Gasteiger partial charge in [0.25, 0.3) is 11.6 Å². The maximum atomic E-state index is 12.5. The Balaban J connectivity index is 2.19. The fraction of sp³-hybridized carbons (Fsp3) is 0.211. The summed E-state index contributed by atoms with van der Waals surface area (Å²) in [4.78, 5) is 45.8. The lowest BCUT2D eigenvalue weighted by atomic mass is 10.0. The number of anilines is 1. The Morgan fingerprint density at radius 3 is 2.34 bits per heavy atom. The zero-order chi connectivity index (χ0) is 21.6. The van der Waals surface area contributed by atoms with Gasteiger partial charge in [-0.3, -0.25) is 24.5 Å². The smallest absolute Gasteiger partial charge is 0.269 e. The molecule has 4 N–H and O–H groups in total. The van der Waals surface area contributed by atoms with Gasteiger partial charge in [0.05, 0.1) is 12.0 Å². The van der Waals surface area contributed by atoms with Gasteiger partial charge in [0.1, 0.15) is 11.8 Å². The normalized spacial score (nSPS) is 11.2. The predicted octanol–water partition coefficient (Wildman–Crippen LogP) is 1.39. The van der Waals surface area contributed by atoms with Gasteiger partial charge >= 0.3 is 0 Å². The lowest BCUT2D eigenvalue weighted by Gasteiger charge is -2.17. The van der Waals surface area contributed by atoms with Crippen LogP contribution in [-0.4, -0.2) is 35.8 Å². The van der Waals surface area contributed by atoms with E-state index in [2.05, 4.69) is 10.6 Å². The average molecular weight is 400 g/mol. The van der Waals surface area contributed by atoms with Crippen LogP contribution < -0.4 is 21.1 Å². The molecule has 2 rings (SSSR count). The Labute approximate surface area is 166 Å². The number of benzene rings is 2. The van der Waals surface area contributed by atoms with E-state index in [1.165, 1.54) is 44.4 Å². The molecule has 152 valence electrons. The van der Waals surface area contributed by atoms with Crippen LogP contribution in [-0.2, 0) is 16.0 Å². The van der Waals surface area contributed by atoms with Crippen LogP contribution in [0.25, 0.3) is 0 Å². The fourth-order valence-electron chi connectivity index (χ4n) is 2.63. The molecule has 0 aliphatic carbocycles. The first-order chi connectivity index (χ1) is 13.7. The Kier molecular flexibility index (Phi) is 6.85. The number of methoxy groups -OCH3 is 1. The minimum atomic E-state index is -1.12. The average Bonchev–Trinajstić information content (AvgIpc) is 2.67. The standard InChI is InChI=1S/C19H20N4O6/c1-11(24)21-14-5-3-12(4-6-14)19(26)22-16(18(20)25)10-13-9-15(23(27)28)7-8-17(13)29-2/h3-9,16H,10H2,1-2H3,(H2,20,25)(H,21,24)(H,22,26)/t16-/m0/s1. The van der Waals surface area contributed by atoms with Gasteiger partial charge in [-0.05, 0) is 30.3 Å². The Bertz CT molecular complexity index is 942. The Morgan fingerprint density at radius 2 is 1.83 bits per heavy atom. The topological polar surface area (TPSA) is 154 Å². The quantitative estimate of drug-likeness (QED) is 0.449. The van der Waals surface area contributed by atoms with Crippen LogP contribution in [0.2, 0.25) is 0 Å². The molecule has 10 nitrogen and oxygen atoms in total. The molecule has 0 heterocycles. The molecular weight excluding hydrogens is 380 g/mol. The number of amides is 3. The summed E-state index contributed by atoms with van der Waals surface area (Å²) in [5.41, 5.74) is 6.34. The highest BCUT2D eigenvalue weighted by molar-refractivity contribution is 5.98. The molecular formula is C19H20N4O6. The minimum absolute atomic E-state index is 0.0874. The van der Waals surface area contributed by atoms with Crippen molar-refractivity contribution in [3.63, 3.8) is 0 Å². The van der Waals surface area contributed by atoms with Gasteiger partial charge in [0.15, 0.2) is 0 Å². The number of nitrogens with zero attached hydrogens (tertiary/aromatic N) is 1. The van der Waals surface area contributed by atoms with Gasteiger partial charge in [-0.1, -0.05) is 0 Å². The Morgan fingerprint density at radius 1 is 1.17 bits per heavy atom. The zero-order valence-corrected chi connectivity index (χ0v) is 15.8. The van der Waals surface area contributed by atoms with E-state index in [0.29, 0.717) is 17.0 Å². The molecule has 3 amide bonds. The molecule has 0 saturated carbocycles. The van der Waals surface area contributed by atoms with Crippen LogP contribution in [0.3, 0.4) is 0 Å². The van der Waals surface area contributed by atoms with Crippen LogP contribution in [0.5, 0.6) is 5.75 Å². The maximum absolute atomic E-state index is 12.5. The molecule has 0 fully saturated rings. The molecule has 0 spiro atoms. The van der Waals surface area contributed by atoms with Crippen molar-refractivity contribution in [2.75, 3.05) is 12.4 Å². The van der Waals surface area contributed by atoms with E-state index >= 15 is 0 Å². The number of nitro groups is 1. The van der Waals surface area contributed by atoms with Crippen molar-refractivity contribution in [1.29, 1.82) is 0 Å². The monoisotopic (exact) mass is 400 g/mol. The fourth-order valence-corrected chi connectivity index (χ4v) is 2.63. The maximum Gasteiger partial charge on any atom is 0.269 e. The van der Waals surface area contributed by atoms with Gasteiger partial charge in [-0.15, -0.1) is 0 Å². The van der Waals surface area contributed by atoms with Crippen molar-refractivity contribution in [2.24, 2.45) is 5.73 Å². The summed E-state index contributed by atoms with van der Waals surface area (Å²) in [7, 11) is 1.39. The van der Waals surface area contributed by atoms with Crippen molar-refractivity contribution < 1.29 is 24.0 Å². The number of non-ortho nitro benzene ring substituents is 1. The van der Waals surface area contributed by atoms with E-state index in [4.69, 9.17) is 10.5 Å². The van der Waals surface area contributed by atoms with Gasteiger partial charge in [0.2, 0.25) is 11.8 Å². The lowest BCUT2D eigenvalue weighted by molar-refractivity contribution is -0.384. The number of ether oxygens (including phenoxy) is 1. The second-order valence-electron chi connectivity index (χ2n) is 6.14. The van der Waals surface area contributed by atoms with E-state index < -0.39 is 22.8 Å². The van der Waals surface area contributed by atoms with Crippen LogP contribution in [0.1, 0.15) is 22.8 Å². The SMILES string of the molecule is COc1ccc([N+](=O)[O-])cc1C[C@H](NC(=O)c1ccc(NC(C)=O)cc1)C(N)=O. The van der Waals surface area contributed by atoms with E-state index in [1.807, 2.05) is 0 Å². The van der Waals surface area contributed by atoms with Crippen molar-refractivity contribution in [2.45, 2.75) is 19.4 Å². The minimum Gasteiger partial charge on any atom is -0.496 e. The zero-order valence-electron chi connectivity index (χ0n) is 15.8. The van der Waals surface area contributed by atoms with E-state index in [0.717, 1.165) is 0 Å². The molecule has 0 bridgehead atoms. The molecule has 0 aliphatic heterocycles. The first-order valence-corrected chi connectivity index (χ1v) is 8.50. The number of primary amides is 1. The summed E-state index contributed by atoms with van der Waals surface area (Å²) < 4.78 is 5.17. The highest BCUT2D eigenvalue weighted by Gasteiger charge is 2.22. The van der Waals surface area contributed by atoms with Crippen molar-refractivity contribution in [1.82, 2.24) is 5.32 Å². The molecule has 0 unspecified atom stereocenters. The molecule has 2 aromatic carbocycles. The first-order valence-electron chi connectivity index (χ1n) is 8.50.